The Balaban J connectivity index is 2.01. The second kappa shape index (κ2) is 8.44. The van der Waals surface area contributed by atoms with Crippen LogP contribution in [0, 0.1) is 0 Å². The van der Waals surface area contributed by atoms with Crippen LogP contribution in [-0.2, 0) is 16.0 Å². The van der Waals surface area contributed by atoms with Crippen LogP contribution in [-0.4, -0.2) is 30.6 Å². The zero-order valence-corrected chi connectivity index (χ0v) is 13.7. The minimum atomic E-state index is -0.114. The lowest BCUT2D eigenvalue weighted by Crippen LogP contribution is -2.35. The highest BCUT2D eigenvalue weighted by Crippen LogP contribution is 2.37. The summed E-state index contributed by atoms with van der Waals surface area (Å²) in [6.07, 6.45) is 3.94. The van der Waals surface area contributed by atoms with Crippen LogP contribution >= 0.6 is 11.8 Å². The lowest BCUT2D eigenvalue weighted by Gasteiger charge is -2.34. The first-order chi connectivity index (χ1) is 10.3. The monoisotopic (exact) mass is 307 g/mol. The Hall–Kier alpha value is -1.00. The van der Waals surface area contributed by atoms with E-state index in [-0.39, 0.29) is 5.97 Å². The molecule has 1 aliphatic carbocycles. The van der Waals surface area contributed by atoms with Gasteiger partial charge < -0.3 is 10.1 Å². The van der Waals surface area contributed by atoms with Gasteiger partial charge in [0.25, 0.3) is 0 Å². The molecule has 2 rings (SSSR count). The standard InChI is InChI=1S/C17H25NO2S/c1-3-11-18-17-14-7-5-4-6-13(14)8-9-15(17)21-12-10-16(19)20-2/h4-7,15,17-18H,3,8-12H2,1-2H3. The van der Waals surface area contributed by atoms with Gasteiger partial charge in [0.05, 0.1) is 13.5 Å². The zero-order chi connectivity index (χ0) is 15.1. The van der Waals surface area contributed by atoms with Crippen molar-refractivity contribution in [2.45, 2.75) is 43.9 Å². The molecule has 116 valence electrons. The number of ether oxygens (including phenoxy) is 1. The maximum Gasteiger partial charge on any atom is 0.306 e. The van der Waals surface area contributed by atoms with Gasteiger partial charge in [-0.25, -0.2) is 0 Å². The van der Waals surface area contributed by atoms with Gasteiger partial charge in [0.15, 0.2) is 0 Å². The molecule has 1 aliphatic rings. The number of esters is 1. The van der Waals surface area contributed by atoms with E-state index in [1.807, 2.05) is 11.8 Å². The number of fused-ring (bicyclic) bond motifs is 1. The van der Waals surface area contributed by atoms with Crippen LogP contribution in [0.5, 0.6) is 0 Å². The number of thioether (sulfide) groups is 1. The van der Waals surface area contributed by atoms with Gasteiger partial charge in [-0.1, -0.05) is 31.2 Å². The van der Waals surface area contributed by atoms with Crippen LogP contribution in [0.2, 0.25) is 0 Å². The van der Waals surface area contributed by atoms with Crippen molar-refractivity contribution in [3.63, 3.8) is 0 Å². The van der Waals surface area contributed by atoms with Gasteiger partial charge in [0.1, 0.15) is 0 Å². The van der Waals surface area contributed by atoms with Crippen LogP contribution in [0.1, 0.15) is 43.4 Å². The van der Waals surface area contributed by atoms with Gasteiger partial charge in [0, 0.05) is 17.0 Å². The first kappa shape index (κ1) is 16.4. The number of carbonyl (C=O) groups excluding carboxylic acids is 1. The fourth-order valence-corrected chi connectivity index (χ4v) is 4.15. The number of carbonyl (C=O) groups is 1. The van der Waals surface area contributed by atoms with Gasteiger partial charge in [-0.05, 0) is 36.9 Å². The molecule has 0 aromatic heterocycles. The lowest BCUT2D eigenvalue weighted by atomic mass is 9.87. The summed E-state index contributed by atoms with van der Waals surface area (Å²) in [6.45, 7) is 3.23. The molecular weight excluding hydrogens is 282 g/mol. The van der Waals surface area contributed by atoms with Gasteiger partial charge >= 0.3 is 5.97 Å². The molecule has 3 nitrogen and oxygen atoms in total. The maximum atomic E-state index is 11.3. The van der Waals surface area contributed by atoms with E-state index in [0.717, 1.165) is 25.1 Å². The van der Waals surface area contributed by atoms with Crippen molar-refractivity contribution >= 4 is 17.7 Å². The van der Waals surface area contributed by atoms with E-state index in [4.69, 9.17) is 4.74 Å². The summed E-state index contributed by atoms with van der Waals surface area (Å²) in [7, 11) is 1.45. The SMILES string of the molecule is CCCNC1c2ccccc2CCC1SCCC(=O)OC. The number of nitrogens with one attached hydrogen (secondary N) is 1. The molecule has 4 heteroatoms. The third-order valence-corrected chi connectivity index (χ3v) is 5.32. The highest BCUT2D eigenvalue weighted by atomic mass is 32.2. The minimum absolute atomic E-state index is 0.114. The molecule has 2 atom stereocenters. The zero-order valence-electron chi connectivity index (χ0n) is 12.9. The van der Waals surface area contributed by atoms with E-state index >= 15 is 0 Å². The second-order valence-electron chi connectivity index (χ2n) is 5.40. The van der Waals surface area contributed by atoms with Crippen LogP contribution in [0.15, 0.2) is 24.3 Å². The van der Waals surface area contributed by atoms with Gasteiger partial charge in [-0.15, -0.1) is 0 Å². The second-order valence-corrected chi connectivity index (χ2v) is 6.75. The number of aryl methyl sites for hydroxylation is 1. The molecule has 2 unspecified atom stereocenters. The Labute approximate surface area is 131 Å². The number of rotatable bonds is 7. The molecule has 0 saturated carbocycles. The molecule has 1 N–H and O–H groups in total. The quantitative estimate of drug-likeness (QED) is 0.784. The average molecular weight is 307 g/mol. The van der Waals surface area contributed by atoms with Crippen molar-refractivity contribution in [3.8, 4) is 0 Å². The summed E-state index contributed by atoms with van der Waals surface area (Å²) in [5.74, 6) is 0.723. The first-order valence-electron chi connectivity index (χ1n) is 7.75. The summed E-state index contributed by atoms with van der Waals surface area (Å²) < 4.78 is 4.72. The maximum absolute atomic E-state index is 11.3. The Kier molecular flexibility index (Phi) is 6.58. The fraction of sp³-hybridized carbons (Fsp3) is 0.588. The van der Waals surface area contributed by atoms with Crippen LogP contribution < -0.4 is 5.32 Å². The van der Waals surface area contributed by atoms with Crippen molar-refractivity contribution in [2.24, 2.45) is 0 Å². The molecule has 0 amide bonds. The molecule has 0 radical (unpaired) electrons. The normalized spacial score (nSPS) is 20.9. The number of hydrogen-bond donors (Lipinski definition) is 1. The van der Waals surface area contributed by atoms with Crippen molar-refractivity contribution in [2.75, 3.05) is 19.4 Å². The summed E-state index contributed by atoms with van der Waals surface area (Å²) in [4.78, 5) is 11.3. The van der Waals surface area contributed by atoms with Crippen molar-refractivity contribution in [3.05, 3.63) is 35.4 Å². The van der Waals surface area contributed by atoms with E-state index in [2.05, 4.69) is 36.5 Å². The molecular formula is C17H25NO2S. The largest absolute Gasteiger partial charge is 0.469 e. The molecule has 0 saturated heterocycles. The van der Waals surface area contributed by atoms with Gasteiger partial charge in [-0.3, -0.25) is 4.79 Å². The third kappa shape index (κ3) is 4.48. The Bertz CT molecular complexity index is 464. The smallest absolute Gasteiger partial charge is 0.306 e. The first-order valence-corrected chi connectivity index (χ1v) is 8.80. The van der Waals surface area contributed by atoms with Crippen LogP contribution in [0.25, 0.3) is 0 Å². The highest BCUT2D eigenvalue weighted by Gasteiger charge is 2.29. The van der Waals surface area contributed by atoms with Gasteiger partial charge in [-0.2, -0.15) is 11.8 Å². The number of benzene rings is 1. The molecule has 0 bridgehead atoms. The molecule has 0 fully saturated rings. The molecule has 0 heterocycles. The summed E-state index contributed by atoms with van der Waals surface area (Å²) in [5.41, 5.74) is 2.91. The predicted molar refractivity (Wildman–Crippen MR) is 88.7 cm³/mol. The highest BCUT2D eigenvalue weighted by molar-refractivity contribution is 7.99. The summed E-state index contributed by atoms with van der Waals surface area (Å²) in [6, 6.07) is 9.14. The van der Waals surface area contributed by atoms with Crippen molar-refractivity contribution in [1.29, 1.82) is 0 Å². The Morgan fingerprint density at radius 1 is 1.43 bits per heavy atom. The van der Waals surface area contributed by atoms with E-state index in [1.54, 1.807) is 0 Å². The molecule has 0 spiro atoms. The molecule has 0 aliphatic heterocycles. The summed E-state index contributed by atoms with van der Waals surface area (Å²) in [5, 5.41) is 4.23. The number of hydrogen-bond acceptors (Lipinski definition) is 4. The predicted octanol–water partition coefficient (Wildman–Crippen LogP) is 3.34. The number of methoxy groups -OCH3 is 1. The van der Waals surface area contributed by atoms with E-state index in [9.17, 15) is 4.79 Å². The molecule has 1 aromatic carbocycles. The topological polar surface area (TPSA) is 38.3 Å². The Morgan fingerprint density at radius 3 is 3.00 bits per heavy atom. The van der Waals surface area contributed by atoms with Crippen LogP contribution in [0.4, 0.5) is 0 Å². The third-order valence-electron chi connectivity index (χ3n) is 3.94. The van der Waals surface area contributed by atoms with Crippen LogP contribution in [0.3, 0.4) is 0 Å². The van der Waals surface area contributed by atoms with Crippen molar-refractivity contribution in [1.82, 2.24) is 5.32 Å². The fourth-order valence-electron chi connectivity index (χ4n) is 2.85. The molecule has 21 heavy (non-hydrogen) atoms. The Morgan fingerprint density at radius 2 is 2.24 bits per heavy atom. The van der Waals surface area contributed by atoms with E-state index in [1.165, 1.54) is 24.7 Å². The minimum Gasteiger partial charge on any atom is -0.469 e. The average Bonchev–Trinajstić information content (AvgIpc) is 2.53. The molecule has 1 aromatic rings. The lowest BCUT2D eigenvalue weighted by molar-refractivity contribution is -0.140. The van der Waals surface area contributed by atoms with E-state index < -0.39 is 0 Å². The van der Waals surface area contributed by atoms with Crippen molar-refractivity contribution < 1.29 is 9.53 Å². The summed E-state index contributed by atoms with van der Waals surface area (Å²) >= 11 is 1.90. The van der Waals surface area contributed by atoms with E-state index in [0.29, 0.717) is 17.7 Å². The van der Waals surface area contributed by atoms with Gasteiger partial charge in [0.2, 0.25) is 0 Å².